The average Bonchev–Trinajstić information content (AvgIpc) is 2.63. The van der Waals surface area contributed by atoms with Crippen molar-refractivity contribution in [2.24, 2.45) is 0 Å². The SMILES string of the molecule is CC(Nc1ncnc(Nc2ccncc2)c1[N+](=O)[O-])c1ccccc1. The molecule has 0 aliphatic carbocycles. The van der Waals surface area contributed by atoms with Crippen molar-refractivity contribution in [2.45, 2.75) is 13.0 Å². The number of nitrogens with one attached hydrogen (secondary N) is 2. The van der Waals surface area contributed by atoms with Gasteiger partial charge >= 0.3 is 5.69 Å². The summed E-state index contributed by atoms with van der Waals surface area (Å²) >= 11 is 0. The lowest BCUT2D eigenvalue weighted by Crippen LogP contribution is -2.11. The lowest BCUT2D eigenvalue weighted by Gasteiger charge is -2.15. The van der Waals surface area contributed by atoms with Gasteiger partial charge in [0.1, 0.15) is 6.33 Å². The van der Waals surface area contributed by atoms with E-state index in [0.29, 0.717) is 5.69 Å². The molecule has 2 heterocycles. The summed E-state index contributed by atoms with van der Waals surface area (Å²) in [6.45, 7) is 1.91. The highest BCUT2D eigenvalue weighted by Gasteiger charge is 2.24. The number of benzene rings is 1. The number of pyridine rings is 1. The molecule has 2 N–H and O–H groups in total. The molecule has 1 atom stereocenters. The first-order valence-corrected chi connectivity index (χ1v) is 7.63. The highest BCUT2D eigenvalue weighted by Crippen LogP contribution is 2.32. The van der Waals surface area contributed by atoms with E-state index in [1.807, 2.05) is 37.3 Å². The Morgan fingerprint density at radius 1 is 1.04 bits per heavy atom. The predicted molar refractivity (Wildman–Crippen MR) is 94.7 cm³/mol. The molecule has 0 bridgehead atoms. The van der Waals surface area contributed by atoms with Gasteiger partial charge in [0.2, 0.25) is 11.6 Å². The van der Waals surface area contributed by atoms with Gasteiger partial charge in [0, 0.05) is 18.1 Å². The zero-order valence-corrected chi connectivity index (χ0v) is 13.5. The number of rotatable bonds is 6. The fourth-order valence-corrected chi connectivity index (χ4v) is 2.35. The van der Waals surface area contributed by atoms with Gasteiger partial charge in [-0.2, -0.15) is 0 Å². The van der Waals surface area contributed by atoms with Crippen LogP contribution in [0.1, 0.15) is 18.5 Å². The van der Waals surface area contributed by atoms with Crippen molar-refractivity contribution in [1.82, 2.24) is 15.0 Å². The van der Waals surface area contributed by atoms with E-state index in [2.05, 4.69) is 25.6 Å². The van der Waals surface area contributed by atoms with E-state index >= 15 is 0 Å². The van der Waals surface area contributed by atoms with Crippen LogP contribution >= 0.6 is 0 Å². The second kappa shape index (κ2) is 7.35. The van der Waals surface area contributed by atoms with Gasteiger partial charge in [0.25, 0.3) is 0 Å². The van der Waals surface area contributed by atoms with Gasteiger partial charge in [-0.15, -0.1) is 0 Å². The Morgan fingerprint density at radius 2 is 1.72 bits per heavy atom. The maximum Gasteiger partial charge on any atom is 0.353 e. The number of anilines is 3. The molecule has 1 unspecified atom stereocenters. The van der Waals surface area contributed by atoms with Gasteiger partial charge in [-0.1, -0.05) is 30.3 Å². The lowest BCUT2D eigenvalue weighted by atomic mass is 10.1. The first-order chi connectivity index (χ1) is 12.1. The number of aromatic nitrogens is 3. The predicted octanol–water partition coefficient (Wildman–Crippen LogP) is 3.70. The van der Waals surface area contributed by atoms with Crippen LogP contribution in [0.3, 0.4) is 0 Å². The summed E-state index contributed by atoms with van der Waals surface area (Å²) in [5, 5.41) is 17.6. The molecule has 3 rings (SSSR count). The average molecular weight is 336 g/mol. The van der Waals surface area contributed by atoms with E-state index in [4.69, 9.17) is 0 Å². The zero-order valence-electron chi connectivity index (χ0n) is 13.5. The standard InChI is InChI=1S/C17H16N6O2/c1-12(13-5-3-2-4-6-13)21-16-15(23(24)25)17(20-11-19-16)22-14-7-9-18-10-8-14/h2-12H,1H3,(H2,18,19,20,21,22). The maximum absolute atomic E-state index is 11.6. The van der Waals surface area contributed by atoms with Crippen molar-refractivity contribution in [3.05, 3.63) is 76.9 Å². The normalized spacial score (nSPS) is 11.6. The third-order valence-electron chi connectivity index (χ3n) is 3.60. The molecule has 25 heavy (non-hydrogen) atoms. The highest BCUT2D eigenvalue weighted by molar-refractivity contribution is 5.73. The summed E-state index contributed by atoms with van der Waals surface area (Å²) in [5.74, 6) is 0.280. The van der Waals surface area contributed by atoms with E-state index in [1.54, 1.807) is 24.5 Å². The van der Waals surface area contributed by atoms with E-state index < -0.39 is 4.92 Å². The minimum Gasteiger partial charge on any atom is -0.358 e. The van der Waals surface area contributed by atoms with Crippen LogP contribution in [0.4, 0.5) is 23.0 Å². The zero-order chi connectivity index (χ0) is 17.6. The third kappa shape index (κ3) is 3.86. The summed E-state index contributed by atoms with van der Waals surface area (Å²) in [6, 6.07) is 12.9. The van der Waals surface area contributed by atoms with Gasteiger partial charge in [-0.25, -0.2) is 9.97 Å². The van der Waals surface area contributed by atoms with Crippen molar-refractivity contribution >= 4 is 23.0 Å². The maximum atomic E-state index is 11.6. The number of hydrogen-bond donors (Lipinski definition) is 2. The molecule has 8 heteroatoms. The quantitative estimate of drug-likeness (QED) is 0.522. The molecule has 0 saturated heterocycles. The lowest BCUT2D eigenvalue weighted by molar-refractivity contribution is -0.383. The van der Waals surface area contributed by atoms with Crippen molar-refractivity contribution in [1.29, 1.82) is 0 Å². The molecular weight excluding hydrogens is 320 g/mol. The van der Waals surface area contributed by atoms with E-state index in [-0.39, 0.29) is 23.4 Å². The first-order valence-electron chi connectivity index (χ1n) is 7.63. The van der Waals surface area contributed by atoms with Gasteiger partial charge < -0.3 is 10.6 Å². The number of hydrogen-bond acceptors (Lipinski definition) is 7. The summed E-state index contributed by atoms with van der Waals surface area (Å²) < 4.78 is 0. The molecule has 2 aromatic heterocycles. The van der Waals surface area contributed by atoms with Crippen LogP contribution in [0.2, 0.25) is 0 Å². The molecule has 0 aliphatic heterocycles. The topological polar surface area (TPSA) is 106 Å². The van der Waals surface area contributed by atoms with Crippen LogP contribution in [0.25, 0.3) is 0 Å². The number of nitrogens with zero attached hydrogens (tertiary/aromatic N) is 4. The van der Waals surface area contributed by atoms with Crippen molar-refractivity contribution < 1.29 is 4.92 Å². The first kappa shape index (κ1) is 16.3. The molecule has 1 aromatic carbocycles. The molecule has 3 aromatic rings. The van der Waals surface area contributed by atoms with Crippen LogP contribution in [-0.2, 0) is 0 Å². The minimum atomic E-state index is -0.496. The molecule has 0 saturated carbocycles. The Labute approximate surface area is 144 Å². The molecule has 126 valence electrons. The minimum absolute atomic E-state index is 0.119. The summed E-state index contributed by atoms with van der Waals surface area (Å²) in [6.07, 6.45) is 4.47. The van der Waals surface area contributed by atoms with Gasteiger partial charge in [0.15, 0.2) is 0 Å². The Balaban J connectivity index is 1.91. The highest BCUT2D eigenvalue weighted by atomic mass is 16.6. The fourth-order valence-electron chi connectivity index (χ4n) is 2.35. The van der Waals surface area contributed by atoms with E-state index in [0.717, 1.165) is 5.56 Å². The van der Waals surface area contributed by atoms with Gasteiger partial charge in [-0.05, 0) is 24.6 Å². The summed E-state index contributed by atoms with van der Waals surface area (Å²) in [7, 11) is 0. The second-order valence-electron chi connectivity index (χ2n) is 5.31. The van der Waals surface area contributed by atoms with Crippen LogP contribution in [0.15, 0.2) is 61.2 Å². The van der Waals surface area contributed by atoms with Gasteiger partial charge in [0.05, 0.1) is 11.0 Å². The Hall–Kier alpha value is -3.55. The Kier molecular flexibility index (Phi) is 4.79. The summed E-state index contributed by atoms with van der Waals surface area (Å²) in [5.41, 5.74) is 1.44. The van der Waals surface area contributed by atoms with Crippen LogP contribution in [-0.4, -0.2) is 19.9 Å². The Morgan fingerprint density at radius 3 is 2.40 bits per heavy atom. The van der Waals surface area contributed by atoms with E-state index in [9.17, 15) is 10.1 Å². The van der Waals surface area contributed by atoms with Crippen molar-refractivity contribution in [3.8, 4) is 0 Å². The molecule has 0 fully saturated rings. The molecule has 0 spiro atoms. The molecule has 0 amide bonds. The molecular formula is C17H16N6O2. The molecule has 8 nitrogen and oxygen atoms in total. The monoisotopic (exact) mass is 336 g/mol. The van der Waals surface area contributed by atoms with Crippen LogP contribution in [0, 0.1) is 10.1 Å². The second-order valence-corrected chi connectivity index (χ2v) is 5.31. The summed E-state index contributed by atoms with van der Waals surface area (Å²) in [4.78, 5) is 23.1. The Bertz CT molecular complexity index is 858. The van der Waals surface area contributed by atoms with Crippen LogP contribution in [0.5, 0.6) is 0 Å². The van der Waals surface area contributed by atoms with Crippen molar-refractivity contribution in [3.63, 3.8) is 0 Å². The number of nitro groups is 1. The third-order valence-corrected chi connectivity index (χ3v) is 3.60. The fraction of sp³-hybridized carbons (Fsp3) is 0.118. The van der Waals surface area contributed by atoms with Crippen LogP contribution < -0.4 is 10.6 Å². The van der Waals surface area contributed by atoms with Crippen molar-refractivity contribution in [2.75, 3.05) is 10.6 Å². The van der Waals surface area contributed by atoms with E-state index in [1.165, 1.54) is 6.33 Å². The van der Waals surface area contributed by atoms with Gasteiger partial charge in [-0.3, -0.25) is 15.1 Å². The molecule has 0 aliphatic rings. The molecule has 0 radical (unpaired) electrons. The smallest absolute Gasteiger partial charge is 0.353 e. The largest absolute Gasteiger partial charge is 0.358 e.